The summed E-state index contributed by atoms with van der Waals surface area (Å²) in [5.74, 6) is -1.72. The molecule has 2 N–H and O–H groups in total. The number of amides is 1. The second-order valence-corrected chi connectivity index (χ2v) is 8.17. The zero-order valence-electron chi connectivity index (χ0n) is 14.4. The van der Waals surface area contributed by atoms with Crippen LogP contribution in [0.25, 0.3) is 11.0 Å². The second kappa shape index (κ2) is 7.24. The number of sulfone groups is 1. The van der Waals surface area contributed by atoms with Gasteiger partial charge in [0, 0.05) is 23.6 Å². The van der Waals surface area contributed by atoms with E-state index in [1.165, 1.54) is 30.5 Å². The van der Waals surface area contributed by atoms with E-state index in [0.29, 0.717) is 11.1 Å². The monoisotopic (exact) mass is 387 g/mol. The highest BCUT2D eigenvalue weighted by Gasteiger charge is 2.22. The predicted octanol–water partition coefficient (Wildman–Crippen LogP) is 2.26. The second-order valence-electron chi connectivity index (χ2n) is 6.16. The van der Waals surface area contributed by atoms with Crippen LogP contribution in [-0.4, -0.2) is 37.7 Å². The molecule has 0 aliphatic heterocycles. The van der Waals surface area contributed by atoms with Crippen molar-refractivity contribution in [3.63, 3.8) is 0 Å². The molecule has 0 saturated carbocycles. The molecule has 0 saturated heterocycles. The number of carbonyl (C=O) groups is 2. The van der Waals surface area contributed by atoms with Gasteiger partial charge in [0.25, 0.3) is 5.91 Å². The summed E-state index contributed by atoms with van der Waals surface area (Å²) in [6.45, 7) is 0. The van der Waals surface area contributed by atoms with Gasteiger partial charge in [0.15, 0.2) is 9.84 Å². The van der Waals surface area contributed by atoms with Crippen LogP contribution in [0.4, 0.5) is 0 Å². The zero-order chi connectivity index (χ0) is 19.6. The van der Waals surface area contributed by atoms with Crippen LogP contribution in [0.1, 0.15) is 15.9 Å². The summed E-state index contributed by atoms with van der Waals surface area (Å²) in [4.78, 5) is 24.1. The number of hydrogen-bond acceptors (Lipinski definition) is 5. The van der Waals surface area contributed by atoms with Gasteiger partial charge >= 0.3 is 5.97 Å². The van der Waals surface area contributed by atoms with E-state index in [4.69, 9.17) is 4.42 Å². The Morgan fingerprint density at radius 1 is 1.11 bits per heavy atom. The van der Waals surface area contributed by atoms with Gasteiger partial charge in [-0.3, -0.25) is 4.79 Å². The number of carbonyl (C=O) groups excluding carboxylic acids is 1. The maximum absolute atomic E-state index is 12.4. The third-order valence-corrected chi connectivity index (χ3v) is 5.24. The number of carboxylic acid groups (broad SMARTS) is 1. The lowest BCUT2D eigenvalue weighted by molar-refractivity contribution is -0.139. The summed E-state index contributed by atoms with van der Waals surface area (Å²) in [5.41, 5.74) is 1.42. The van der Waals surface area contributed by atoms with Crippen LogP contribution in [0, 0.1) is 0 Å². The first kappa shape index (κ1) is 18.7. The van der Waals surface area contributed by atoms with Crippen LogP contribution >= 0.6 is 0 Å². The third-order valence-electron chi connectivity index (χ3n) is 4.11. The molecule has 1 amide bonds. The average molecular weight is 387 g/mol. The van der Waals surface area contributed by atoms with Gasteiger partial charge in [-0.2, -0.15) is 0 Å². The SMILES string of the molecule is CS(=O)(=O)c1ccc(C[C@H](NC(=O)c2ccc3ccoc3c2)C(=O)O)cc1. The molecule has 0 fully saturated rings. The van der Waals surface area contributed by atoms with Gasteiger partial charge in [-0.05, 0) is 35.9 Å². The van der Waals surface area contributed by atoms with E-state index < -0.39 is 27.8 Å². The van der Waals surface area contributed by atoms with Crippen LogP contribution in [0.15, 0.2) is 64.1 Å². The largest absolute Gasteiger partial charge is 0.480 e. The van der Waals surface area contributed by atoms with Crippen LogP contribution < -0.4 is 5.32 Å². The summed E-state index contributed by atoms with van der Waals surface area (Å²) in [5, 5.41) is 12.7. The Bertz CT molecular complexity index is 1100. The predicted molar refractivity (Wildman–Crippen MR) is 98.4 cm³/mol. The first-order valence-corrected chi connectivity index (χ1v) is 9.93. The minimum Gasteiger partial charge on any atom is -0.480 e. The summed E-state index contributed by atoms with van der Waals surface area (Å²) < 4.78 is 28.2. The summed E-state index contributed by atoms with van der Waals surface area (Å²) >= 11 is 0. The topological polar surface area (TPSA) is 114 Å². The molecule has 140 valence electrons. The zero-order valence-corrected chi connectivity index (χ0v) is 15.2. The van der Waals surface area contributed by atoms with Gasteiger partial charge in [-0.15, -0.1) is 0 Å². The number of hydrogen-bond donors (Lipinski definition) is 2. The number of benzene rings is 2. The Balaban J connectivity index is 1.75. The molecule has 0 spiro atoms. The molecule has 1 atom stereocenters. The maximum Gasteiger partial charge on any atom is 0.326 e. The van der Waals surface area contributed by atoms with Crippen molar-refractivity contribution >= 4 is 32.7 Å². The Morgan fingerprint density at radius 2 is 1.81 bits per heavy atom. The summed E-state index contributed by atoms with van der Waals surface area (Å²) in [6, 6.07) is 11.4. The van der Waals surface area contributed by atoms with Gasteiger partial charge < -0.3 is 14.8 Å². The van der Waals surface area contributed by atoms with E-state index in [9.17, 15) is 23.1 Å². The minimum atomic E-state index is -3.33. The highest BCUT2D eigenvalue weighted by Crippen LogP contribution is 2.17. The Morgan fingerprint density at radius 3 is 2.44 bits per heavy atom. The van der Waals surface area contributed by atoms with Crippen molar-refractivity contribution < 1.29 is 27.5 Å². The maximum atomic E-state index is 12.4. The molecule has 3 aromatic rings. The Hall–Kier alpha value is -3.13. The van der Waals surface area contributed by atoms with Gasteiger partial charge in [-0.1, -0.05) is 18.2 Å². The van der Waals surface area contributed by atoms with E-state index in [0.717, 1.165) is 11.6 Å². The molecule has 3 rings (SSSR count). The molecule has 0 radical (unpaired) electrons. The number of rotatable bonds is 6. The number of aliphatic carboxylic acids is 1. The first-order valence-electron chi connectivity index (χ1n) is 8.04. The quantitative estimate of drug-likeness (QED) is 0.671. The highest BCUT2D eigenvalue weighted by molar-refractivity contribution is 7.90. The molecule has 1 aromatic heterocycles. The Labute approximate surface area is 155 Å². The van der Waals surface area contributed by atoms with Gasteiger partial charge in [-0.25, -0.2) is 13.2 Å². The molecule has 8 heteroatoms. The van der Waals surface area contributed by atoms with Gasteiger partial charge in [0.2, 0.25) is 0 Å². The minimum absolute atomic E-state index is 0.0219. The van der Waals surface area contributed by atoms with E-state index in [2.05, 4.69) is 5.32 Å². The molecule has 0 unspecified atom stereocenters. The van der Waals surface area contributed by atoms with Crippen molar-refractivity contribution in [1.82, 2.24) is 5.32 Å². The van der Waals surface area contributed by atoms with Gasteiger partial charge in [0.05, 0.1) is 11.2 Å². The number of nitrogens with one attached hydrogen (secondary N) is 1. The smallest absolute Gasteiger partial charge is 0.326 e. The first-order chi connectivity index (χ1) is 12.7. The van der Waals surface area contributed by atoms with Crippen molar-refractivity contribution in [2.45, 2.75) is 17.4 Å². The number of furan rings is 1. The van der Waals surface area contributed by atoms with Crippen molar-refractivity contribution in [3.05, 3.63) is 65.9 Å². The fourth-order valence-corrected chi connectivity index (χ4v) is 3.28. The number of carboxylic acids is 1. The van der Waals surface area contributed by atoms with Crippen LogP contribution in [0.2, 0.25) is 0 Å². The van der Waals surface area contributed by atoms with Crippen molar-refractivity contribution in [2.24, 2.45) is 0 Å². The van der Waals surface area contributed by atoms with Crippen molar-refractivity contribution in [3.8, 4) is 0 Å². The van der Waals surface area contributed by atoms with Crippen molar-refractivity contribution in [2.75, 3.05) is 6.26 Å². The molecule has 1 heterocycles. The molecule has 0 bridgehead atoms. The van der Waals surface area contributed by atoms with E-state index >= 15 is 0 Å². The molecule has 0 aliphatic rings. The molecular weight excluding hydrogens is 370 g/mol. The standard InChI is InChI=1S/C19H17NO6S/c1-27(24,25)15-6-2-12(3-7-15)10-16(19(22)23)20-18(21)14-5-4-13-8-9-26-17(13)11-14/h2-9,11,16H,10H2,1H3,(H,20,21)(H,22,23)/t16-/m0/s1. The lowest BCUT2D eigenvalue weighted by atomic mass is 10.1. The summed E-state index contributed by atoms with van der Waals surface area (Å²) in [7, 11) is -3.33. The van der Waals surface area contributed by atoms with E-state index in [-0.39, 0.29) is 16.9 Å². The lowest BCUT2D eigenvalue weighted by Crippen LogP contribution is -2.42. The molecule has 0 aliphatic carbocycles. The van der Waals surface area contributed by atoms with Crippen LogP contribution in [0.5, 0.6) is 0 Å². The Kier molecular flexibility index (Phi) is 5.00. The fraction of sp³-hybridized carbons (Fsp3) is 0.158. The van der Waals surface area contributed by atoms with Crippen LogP contribution in [0.3, 0.4) is 0 Å². The normalized spacial score (nSPS) is 12.6. The van der Waals surface area contributed by atoms with E-state index in [1.807, 2.05) is 0 Å². The van der Waals surface area contributed by atoms with E-state index in [1.54, 1.807) is 24.3 Å². The lowest BCUT2D eigenvalue weighted by Gasteiger charge is -2.15. The van der Waals surface area contributed by atoms with Crippen molar-refractivity contribution in [1.29, 1.82) is 0 Å². The molecular formula is C19H17NO6S. The molecule has 27 heavy (non-hydrogen) atoms. The third kappa shape index (κ3) is 4.35. The van der Waals surface area contributed by atoms with Crippen LogP contribution in [-0.2, 0) is 21.1 Å². The number of fused-ring (bicyclic) bond motifs is 1. The van der Waals surface area contributed by atoms with Gasteiger partial charge in [0.1, 0.15) is 11.6 Å². The molecule has 2 aromatic carbocycles. The highest BCUT2D eigenvalue weighted by atomic mass is 32.2. The fourth-order valence-electron chi connectivity index (χ4n) is 2.65. The summed E-state index contributed by atoms with van der Waals surface area (Å²) in [6.07, 6.45) is 2.62. The average Bonchev–Trinajstić information content (AvgIpc) is 3.08. The molecule has 7 nitrogen and oxygen atoms in total.